The minimum Gasteiger partial charge on any atom is -0.486 e. The Bertz CT molecular complexity index is 1750. The summed E-state index contributed by atoms with van der Waals surface area (Å²) in [5.74, 6) is 0.353. The number of benzene rings is 2. The van der Waals surface area contributed by atoms with Crippen LogP contribution in [0.4, 0.5) is 0 Å². The molecule has 3 heterocycles. The van der Waals surface area contributed by atoms with Crippen LogP contribution in [-0.4, -0.2) is 28.4 Å². The number of carbonyl (C=O) groups is 1. The first-order chi connectivity index (χ1) is 18.7. The van der Waals surface area contributed by atoms with E-state index in [-0.39, 0.29) is 29.4 Å². The van der Waals surface area contributed by atoms with Gasteiger partial charge < -0.3 is 14.6 Å². The molecule has 0 spiro atoms. The van der Waals surface area contributed by atoms with Gasteiger partial charge in [-0.25, -0.2) is 17.4 Å². The lowest BCUT2D eigenvalue weighted by molar-refractivity contribution is -0.125. The standard InChI is InChI=1S/C28H26N4O5S2/c1-18-3-5-22(6-4-18)39(34,35)32-21(14-29-27(33)28(2)8-9-28)11-19-12-23(24-7-10-37-31-24)26(13-25(19)32)36-15-20-16-38-17-30-20/h3-7,10-13,16-17H,8-9,14-15H2,1-2H3,(H,29,33). The van der Waals surface area contributed by atoms with Gasteiger partial charge in [0, 0.05) is 33.9 Å². The molecule has 11 heteroatoms. The zero-order valence-corrected chi connectivity index (χ0v) is 23.0. The Morgan fingerprint density at radius 1 is 1.18 bits per heavy atom. The fourth-order valence-electron chi connectivity index (χ4n) is 4.42. The van der Waals surface area contributed by atoms with Gasteiger partial charge in [-0.2, -0.15) is 0 Å². The van der Waals surface area contributed by atoms with Crippen LogP contribution in [0.1, 0.15) is 36.7 Å². The molecule has 0 unspecified atom stereocenters. The number of rotatable bonds is 9. The van der Waals surface area contributed by atoms with E-state index in [1.165, 1.54) is 21.6 Å². The molecule has 9 nitrogen and oxygen atoms in total. The van der Waals surface area contributed by atoms with Crippen molar-refractivity contribution in [2.24, 2.45) is 5.41 Å². The molecule has 1 aliphatic carbocycles. The number of aromatic nitrogens is 3. The lowest BCUT2D eigenvalue weighted by Crippen LogP contribution is -2.31. The predicted molar refractivity (Wildman–Crippen MR) is 147 cm³/mol. The largest absolute Gasteiger partial charge is 0.486 e. The van der Waals surface area contributed by atoms with Crippen molar-refractivity contribution < 1.29 is 22.5 Å². The Morgan fingerprint density at radius 3 is 2.64 bits per heavy atom. The fraction of sp³-hybridized carbons (Fsp3) is 0.250. The number of amides is 1. The molecule has 5 aromatic rings. The number of aryl methyl sites for hydroxylation is 1. The quantitative estimate of drug-likeness (QED) is 0.259. The van der Waals surface area contributed by atoms with Gasteiger partial charge in [0.15, 0.2) is 0 Å². The maximum absolute atomic E-state index is 14.0. The van der Waals surface area contributed by atoms with Crippen LogP contribution in [0.25, 0.3) is 22.2 Å². The van der Waals surface area contributed by atoms with Crippen molar-refractivity contribution in [2.75, 3.05) is 0 Å². The smallest absolute Gasteiger partial charge is 0.268 e. The SMILES string of the molecule is Cc1ccc(S(=O)(=O)n2c(CNC(=O)C3(C)CC3)cc3cc(-c4ccon4)c(OCc4cscn4)cc32)cc1. The molecule has 1 saturated carbocycles. The molecule has 1 aliphatic rings. The minimum absolute atomic E-state index is 0.0580. The second-order valence-corrected chi connectivity index (χ2v) is 12.5. The first-order valence-corrected chi connectivity index (χ1v) is 14.8. The molecule has 1 amide bonds. The van der Waals surface area contributed by atoms with Crippen molar-refractivity contribution in [3.05, 3.63) is 82.6 Å². The van der Waals surface area contributed by atoms with Crippen LogP contribution in [0.5, 0.6) is 5.75 Å². The highest BCUT2D eigenvalue weighted by Crippen LogP contribution is 2.45. The maximum Gasteiger partial charge on any atom is 0.268 e. The molecule has 0 aliphatic heterocycles. The second-order valence-electron chi connectivity index (χ2n) is 10.0. The monoisotopic (exact) mass is 562 g/mol. The van der Waals surface area contributed by atoms with Crippen LogP contribution < -0.4 is 10.1 Å². The summed E-state index contributed by atoms with van der Waals surface area (Å²) in [4.78, 5) is 17.2. The molecule has 0 atom stereocenters. The van der Waals surface area contributed by atoms with Crippen molar-refractivity contribution in [1.82, 2.24) is 19.4 Å². The first-order valence-electron chi connectivity index (χ1n) is 12.4. The lowest BCUT2D eigenvalue weighted by atomic mass is 10.1. The molecule has 0 bridgehead atoms. The molecule has 0 saturated heterocycles. The third-order valence-electron chi connectivity index (χ3n) is 7.04. The summed E-state index contributed by atoms with van der Waals surface area (Å²) in [5.41, 5.74) is 5.11. The number of carbonyl (C=O) groups excluding carboxylic acids is 1. The number of fused-ring (bicyclic) bond motifs is 1. The number of ether oxygens (including phenoxy) is 1. The van der Waals surface area contributed by atoms with E-state index >= 15 is 0 Å². The van der Waals surface area contributed by atoms with Crippen LogP contribution in [0.15, 0.2) is 75.1 Å². The van der Waals surface area contributed by atoms with Crippen LogP contribution in [0.3, 0.4) is 0 Å². The summed E-state index contributed by atoms with van der Waals surface area (Å²) in [6.07, 6.45) is 3.12. The summed E-state index contributed by atoms with van der Waals surface area (Å²) in [6.45, 7) is 4.07. The van der Waals surface area contributed by atoms with E-state index in [1.807, 2.05) is 25.3 Å². The first kappa shape index (κ1) is 25.3. The molecule has 0 radical (unpaired) electrons. The molecule has 6 rings (SSSR count). The molecule has 39 heavy (non-hydrogen) atoms. The average Bonchev–Trinajstić information content (AvgIpc) is 3.37. The van der Waals surface area contributed by atoms with Gasteiger partial charge in [-0.15, -0.1) is 11.3 Å². The third-order valence-corrected chi connectivity index (χ3v) is 9.46. The molecule has 1 N–H and O–H groups in total. The van der Waals surface area contributed by atoms with Gasteiger partial charge in [0.1, 0.15) is 24.3 Å². The van der Waals surface area contributed by atoms with Gasteiger partial charge in [-0.3, -0.25) is 4.79 Å². The highest BCUT2D eigenvalue weighted by Gasteiger charge is 2.44. The summed E-state index contributed by atoms with van der Waals surface area (Å²) in [6, 6.07) is 13.7. The summed E-state index contributed by atoms with van der Waals surface area (Å²) in [5, 5.41) is 9.57. The summed E-state index contributed by atoms with van der Waals surface area (Å²) < 4.78 is 40.6. The zero-order valence-electron chi connectivity index (χ0n) is 21.4. The fourth-order valence-corrected chi connectivity index (χ4v) is 6.50. The number of nitrogens with one attached hydrogen (secondary N) is 1. The van der Waals surface area contributed by atoms with Crippen molar-refractivity contribution in [3.63, 3.8) is 0 Å². The molecular weight excluding hydrogens is 536 g/mol. The molecule has 200 valence electrons. The molecule has 1 fully saturated rings. The van der Waals surface area contributed by atoms with Gasteiger partial charge in [-0.05, 0) is 44.0 Å². The van der Waals surface area contributed by atoms with Crippen molar-refractivity contribution in [1.29, 1.82) is 0 Å². The Labute approximate surface area is 229 Å². The van der Waals surface area contributed by atoms with Crippen LogP contribution in [0.2, 0.25) is 0 Å². The number of hydrogen-bond donors (Lipinski definition) is 1. The minimum atomic E-state index is -4.01. The van der Waals surface area contributed by atoms with Crippen LogP contribution in [-0.2, 0) is 28.0 Å². The number of hydrogen-bond acceptors (Lipinski definition) is 8. The third kappa shape index (κ3) is 4.83. The Hall–Kier alpha value is -3.96. The van der Waals surface area contributed by atoms with E-state index in [9.17, 15) is 13.2 Å². The molecular formula is C28H26N4O5S2. The van der Waals surface area contributed by atoms with Crippen molar-refractivity contribution in [3.8, 4) is 17.0 Å². The summed E-state index contributed by atoms with van der Waals surface area (Å²) in [7, 11) is -4.01. The van der Waals surface area contributed by atoms with Gasteiger partial charge >= 0.3 is 0 Å². The van der Waals surface area contributed by atoms with E-state index < -0.39 is 10.0 Å². The average molecular weight is 563 g/mol. The highest BCUT2D eigenvalue weighted by molar-refractivity contribution is 7.90. The second kappa shape index (κ2) is 9.65. The van der Waals surface area contributed by atoms with Crippen molar-refractivity contribution in [2.45, 2.75) is 44.7 Å². The predicted octanol–water partition coefficient (Wildman–Crippen LogP) is 5.29. The molecule has 3 aromatic heterocycles. The topological polar surface area (TPSA) is 116 Å². The van der Waals surface area contributed by atoms with Gasteiger partial charge in [0.2, 0.25) is 5.91 Å². The number of thiazole rings is 1. The molecule has 2 aromatic carbocycles. The van der Waals surface area contributed by atoms with Gasteiger partial charge in [0.25, 0.3) is 10.0 Å². The Balaban J connectivity index is 1.50. The summed E-state index contributed by atoms with van der Waals surface area (Å²) >= 11 is 1.46. The maximum atomic E-state index is 14.0. The van der Waals surface area contributed by atoms with E-state index in [0.29, 0.717) is 33.6 Å². The van der Waals surface area contributed by atoms with Crippen molar-refractivity contribution >= 4 is 38.2 Å². The number of nitrogens with zero attached hydrogens (tertiary/aromatic N) is 3. The van der Waals surface area contributed by atoms with Gasteiger partial charge in [-0.1, -0.05) is 29.8 Å². The normalized spacial score (nSPS) is 14.4. The van der Waals surface area contributed by atoms with Crippen LogP contribution in [0, 0.1) is 12.3 Å². The Kier molecular flexibility index (Phi) is 6.27. The van der Waals surface area contributed by atoms with E-state index in [1.54, 1.807) is 48.0 Å². The highest BCUT2D eigenvalue weighted by atomic mass is 32.2. The van der Waals surface area contributed by atoms with E-state index in [2.05, 4.69) is 15.5 Å². The van der Waals surface area contributed by atoms with E-state index in [0.717, 1.165) is 24.1 Å². The zero-order chi connectivity index (χ0) is 27.2. The van der Waals surface area contributed by atoms with E-state index in [4.69, 9.17) is 9.26 Å². The lowest BCUT2D eigenvalue weighted by Gasteiger charge is -2.15. The van der Waals surface area contributed by atoms with Crippen LogP contribution >= 0.6 is 11.3 Å². The Morgan fingerprint density at radius 2 is 1.97 bits per heavy atom. The van der Waals surface area contributed by atoms with Gasteiger partial charge in [0.05, 0.1) is 33.9 Å².